The molecular weight excluding hydrogens is 526 g/mol. The molecule has 2 aliphatic rings. The summed E-state index contributed by atoms with van der Waals surface area (Å²) in [6.45, 7) is 3.36. The molecule has 5 rings (SSSR count). The van der Waals surface area contributed by atoms with E-state index >= 15 is 0 Å². The number of hydrogen-bond donors (Lipinski definition) is 2. The number of fused-ring (bicyclic) bond motifs is 1. The van der Waals surface area contributed by atoms with Crippen LogP contribution in [0.15, 0.2) is 91.0 Å². The monoisotopic (exact) mass is 563 g/mol. The van der Waals surface area contributed by atoms with Gasteiger partial charge < -0.3 is 33.9 Å². The molecule has 0 unspecified atom stereocenters. The topological polar surface area (TPSA) is 107 Å². The van der Waals surface area contributed by atoms with Gasteiger partial charge in [-0.15, -0.1) is 0 Å². The molecule has 0 aliphatic carbocycles. The number of aliphatic hydroxyl groups excluding tert-OH is 2. The van der Waals surface area contributed by atoms with Crippen molar-refractivity contribution < 1.29 is 38.7 Å². The number of benzene rings is 3. The van der Waals surface area contributed by atoms with E-state index in [4.69, 9.17) is 23.7 Å². The lowest BCUT2D eigenvalue weighted by molar-refractivity contribution is -0.231. The first-order valence-corrected chi connectivity index (χ1v) is 13.8. The highest BCUT2D eigenvalue weighted by atomic mass is 16.8. The Bertz CT molecular complexity index is 1240. The first-order valence-electron chi connectivity index (χ1n) is 13.8. The first-order chi connectivity index (χ1) is 19.8. The summed E-state index contributed by atoms with van der Waals surface area (Å²) in [5.41, 5.74) is 2.57. The Balaban J connectivity index is 1.45. The third-order valence-electron chi connectivity index (χ3n) is 7.23. The molecule has 0 spiro atoms. The highest BCUT2D eigenvalue weighted by Gasteiger charge is 2.59. The SMILES string of the molecule is CC1(C)O[C@H]2O[C@H]([C@H]([C@@H](O)CO)N(Cc3ccccc3)C(=O)OCc3ccccc3)[C@H](OCc3ccccc3)[C@H]2O1. The Morgan fingerprint density at radius 3 is 2.02 bits per heavy atom. The fourth-order valence-electron chi connectivity index (χ4n) is 5.32. The molecule has 0 aromatic heterocycles. The van der Waals surface area contributed by atoms with Crippen LogP contribution in [0.25, 0.3) is 0 Å². The fourth-order valence-corrected chi connectivity index (χ4v) is 5.32. The highest BCUT2D eigenvalue weighted by Crippen LogP contribution is 2.41. The summed E-state index contributed by atoms with van der Waals surface area (Å²) in [5.74, 6) is -0.905. The van der Waals surface area contributed by atoms with Crippen molar-refractivity contribution in [3.8, 4) is 0 Å². The van der Waals surface area contributed by atoms with Crippen LogP contribution in [0, 0.1) is 0 Å². The predicted octanol–water partition coefficient (Wildman–Crippen LogP) is 4.01. The number of carbonyl (C=O) groups excluding carboxylic acids is 1. The summed E-state index contributed by atoms with van der Waals surface area (Å²) >= 11 is 0. The molecule has 3 aromatic carbocycles. The first kappa shape index (κ1) is 29.2. The minimum atomic E-state index is -1.37. The van der Waals surface area contributed by atoms with Crippen molar-refractivity contribution in [3.63, 3.8) is 0 Å². The molecule has 2 saturated heterocycles. The van der Waals surface area contributed by atoms with E-state index in [0.717, 1.165) is 16.7 Å². The molecular formula is C32H37NO8. The van der Waals surface area contributed by atoms with Crippen molar-refractivity contribution in [1.29, 1.82) is 0 Å². The fraction of sp³-hybridized carbons (Fsp3) is 0.406. The van der Waals surface area contributed by atoms with Crippen LogP contribution in [0.3, 0.4) is 0 Å². The van der Waals surface area contributed by atoms with Crippen LogP contribution >= 0.6 is 0 Å². The van der Waals surface area contributed by atoms with Gasteiger partial charge in [0.1, 0.15) is 31.0 Å². The van der Waals surface area contributed by atoms with Gasteiger partial charge in [0, 0.05) is 6.54 Å². The van der Waals surface area contributed by atoms with Crippen LogP contribution in [0.5, 0.6) is 0 Å². The standard InChI is InChI=1S/C32H37NO8/c1-32(2)40-29-28(37-20-23-14-8-4-9-15-23)27(39-30(29)41-32)26(25(35)19-34)33(18-22-12-6-3-7-13-22)31(36)38-21-24-16-10-5-11-17-24/h3-17,25-30,34-35H,18-21H2,1-2H3/t25-,26-,27+,28-,29+,30+/m0/s1. The molecule has 2 aliphatic heterocycles. The van der Waals surface area contributed by atoms with Crippen molar-refractivity contribution in [2.75, 3.05) is 6.61 Å². The number of amides is 1. The molecule has 2 N–H and O–H groups in total. The summed E-state index contributed by atoms with van der Waals surface area (Å²) in [5, 5.41) is 21.4. The molecule has 9 nitrogen and oxygen atoms in total. The lowest BCUT2D eigenvalue weighted by atomic mass is 9.96. The van der Waals surface area contributed by atoms with Crippen LogP contribution < -0.4 is 0 Å². The third kappa shape index (κ3) is 7.13. The van der Waals surface area contributed by atoms with Crippen molar-refractivity contribution in [3.05, 3.63) is 108 Å². The molecule has 218 valence electrons. The molecule has 9 heteroatoms. The minimum absolute atomic E-state index is 0.0397. The van der Waals surface area contributed by atoms with Crippen LogP contribution in [-0.2, 0) is 43.4 Å². The zero-order valence-corrected chi connectivity index (χ0v) is 23.2. The maximum atomic E-state index is 13.7. The number of ether oxygens (including phenoxy) is 5. The van der Waals surface area contributed by atoms with E-state index in [1.54, 1.807) is 13.8 Å². The van der Waals surface area contributed by atoms with Gasteiger partial charge in [-0.25, -0.2) is 4.79 Å². The Morgan fingerprint density at radius 1 is 0.878 bits per heavy atom. The zero-order valence-electron chi connectivity index (χ0n) is 23.2. The quantitative estimate of drug-likeness (QED) is 0.361. The summed E-state index contributed by atoms with van der Waals surface area (Å²) in [6, 6.07) is 27.3. The predicted molar refractivity (Wildman–Crippen MR) is 149 cm³/mol. The van der Waals surface area contributed by atoms with E-state index in [1.807, 2.05) is 91.0 Å². The summed E-state index contributed by atoms with van der Waals surface area (Å²) in [7, 11) is 0. The lowest BCUT2D eigenvalue weighted by Crippen LogP contribution is -2.58. The Hall–Kier alpha value is -3.31. The Labute approximate surface area is 240 Å². The van der Waals surface area contributed by atoms with Gasteiger partial charge in [0.2, 0.25) is 0 Å². The van der Waals surface area contributed by atoms with Crippen LogP contribution in [0.1, 0.15) is 30.5 Å². The van der Waals surface area contributed by atoms with Gasteiger partial charge in [0.15, 0.2) is 12.1 Å². The van der Waals surface area contributed by atoms with E-state index in [9.17, 15) is 15.0 Å². The third-order valence-corrected chi connectivity index (χ3v) is 7.23. The molecule has 1 amide bonds. The molecule has 0 saturated carbocycles. The summed E-state index contributed by atoms with van der Waals surface area (Å²) in [6.07, 6.45) is -5.08. The number of carbonyl (C=O) groups is 1. The molecule has 6 atom stereocenters. The van der Waals surface area contributed by atoms with Gasteiger partial charge in [-0.05, 0) is 30.5 Å². The smallest absolute Gasteiger partial charge is 0.410 e. The average Bonchev–Trinajstić information content (AvgIpc) is 3.47. The normalized spacial score (nSPS) is 24.4. The summed E-state index contributed by atoms with van der Waals surface area (Å²) in [4.78, 5) is 15.1. The number of nitrogens with zero attached hydrogens (tertiary/aromatic N) is 1. The van der Waals surface area contributed by atoms with Gasteiger partial charge in [0.05, 0.1) is 19.3 Å². The van der Waals surface area contributed by atoms with Crippen molar-refractivity contribution in [1.82, 2.24) is 4.90 Å². The van der Waals surface area contributed by atoms with Gasteiger partial charge >= 0.3 is 6.09 Å². The van der Waals surface area contributed by atoms with Gasteiger partial charge in [-0.1, -0.05) is 91.0 Å². The van der Waals surface area contributed by atoms with E-state index in [0.29, 0.717) is 0 Å². The van der Waals surface area contributed by atoms with Crippen molar-refractivity contribution in [2.24, 2.45) is 0 Å². The van der Waals surface area contributed by atoms with E-state index in [2.05, 4.69) is 0 Å². The summed E-state index contributed by atoms with van der Waals surface area (Å²) < 4.78 is 30.7. The van der Waals surface area contributed by atoms with Crippen LogP contribution in [-0.4, -0.2) is 70.3 Å². The van der Waals surface area contributed by atoms with Gasteiger partial charge in [0.25, 0.3) is 0 Å². The van der Waals surface area contributed by atoms with Crippen molar-refractivity contribution in [2.45, 2.75) is 76.1 Å². The second-order valence-electron chi connectivity index (χ2n) is 10.7. The molecule has 2 fully saturated rings. The molecule has 0 radical (unpaired) electrons. The molecule has 0 bridgehead atoms. The van der Waals surface area contributed by atoms with E-state index in [-0.39, 0.29) is 19.8 Å². The molecule has 3 aromatic rings. The second kappa shape index (κ2) is 13.1. The minimum Gasteiger partial charge on any atom is -0.445 e. The van der Waals surface area contributed by atoms with Gasteiger partial charge in [-0.3, -0.25) is 4.90 Å². The van der Waals surface area contributed by atoms with E-state index in [1.165, 1.54) is 4.90 Å². The average molecular weight is 564 g/mol. The Kier molecular flexibility index (Phi) is 9.34. The molecule has 2 heterocycles. The van der Waals surface area contributed by atoms with Crippen LogP contribution in [0.2, 0.25) is 0 Å². The maximum Gasteiger partial charge on any atom is 0.410 e. The second-order valence-corrected chi connectivity index (χ2v) is 10.7. The maximum absolute atomic E-state index is 13.7. The lowest BCUT2D eigenvalue weighted by Gasteiger charge is -2.39. The Morgan fingerprint density at radius 2 is 1.44 bits per heavy atom. The van der Waals surface area contributed by atoms with Gasteiger partial charge in [-0.2, -0.15) is 0 Å². The molecule has 41 heavy (non-hydrogen) atoms. The highest BCUT2D eigenvalue weighted by molar-refractivity contribution is 5.68. The largest absolute Gasteiger partial charge is 0.445 e. The van der Waals surface area contributed by atoms with Crippen LogP contribution in [0.4, 0.5) is 4.79 Å². The zero-order chi connectivity index (χ0) is 28.8. The number of rotatable bonds is 11. The number of hydrogen-bond acceptors (Lipinski definition) is 8. The number of aliphatic hydroxyl groups is 2. The van der Waals surface area contributed by atoms with E-state index < -0.39 is 55.2 Å². The van der Waals surface area contributed by atoms with Crippen molar-refractivity contribution >= 4 is 6.09 Å².